The monoisotopic (exact) mass is 544 g/mol. The molecule has 5 rings (SSSR count). The molecule has 12 nitrogen and oxygen atoms in total. The van der Waals surface area contributed by atoms with Crippen molar-refractivity contribution in [3.05, 3.63) is 48.2 Å². The lowest BCUT2D eigenvalue weighted by molar-refractivity contribution is 0.0523. The predicted molar refractivity (Wildman–Crippen MR) is 140 cm³/mol. The maximum Gasteiger partial charge on any atom is 0.230 e. The van der Waals surface area contributed by atoms with Gasteiger partial charge in [0, 0.05) is 64.5 Å². The molecule has 208 valence electrons. The molecule has 1 saturated heterocycles. The summed E-state index contributed by atoms with van der Waals surface area (Å²) in [6.07, 6.45) is 0.421. The zero-order valence-electron chi connectivity index (χ0n) is 21.4. The standard InChI is InChI=1S/C25H30F2N8O4/c1-32(25-29-23-12-19(21-3-2-10-38-21)31-35(23)24(28)30-25)4-5-33-6-8-34(9-7-33)20-13-22(18(27)11-17(20)26)39-15-16(37)14-36/h2-3,10-13,16,36-37H,4-9,14-15H2,1H3,(H2,28,29,30)/t16-/m0/s1. The molecule has 14 heteroatoms. The molecule has 0 radical (unpaired) electrons. The van der Waals surface area contributed by atoms with E-state index < -0.39 is 24.3 Å². The van der Waals surface area contributed by atoms with Crippen molar-refractivity contribution in [2.24, 2.45) is 0 Å². The lowest BCUT2D eigenvalue weighted by atomic mass is 10.2. The van der Waals surface area contributed by atoms with Gasteiger partial charge >= 0.3 is 0 Å². The second-order valence-corrected chi connectivity index (χ2v) is 9.29. The van der Waals surface area contributed by atoms with Gasteiger partial charge in [0.05, 0.1) is 18.6 Å². The Morgan fingerprint density at radius 2 is 1.95 bits per heavy atom. The molecule has 1 atom stereocenters. The molecule has 1 fully saturated rings. The van der Waals surface area contributed by atoms with Crippen LogP contribution in [0.1, 0.15) is 0 Å². The van der Waals surface area contributed by atoms with E-state index in [1.807, 2.05) is 16.8 Å². The number of hydrogen-bond donors (Lipinski definition) is 3. The Kier molecular flexibility index (Phi) is 7.77. The van der Waals surface area contributed by atoms with E-state index in [0.29, 0.717) is 55.8 Å². The fourth-order valence-electron chi connectivity index (χ4n) is 4.33. The van der Waals surface area contributed by atoms with Gasteiger partial charge in [0.2, 0.25) is 11.9 Å². The molecule has 0 saturated carbocycles. The van der Waals surface area contributed by atoms with E-state index in [9.17, 15) is 13.9 Å². The van der Waals surface area contributed by atoms with Gasteiger partial charge < -0.3 is 34.9 Å². The fourth-order valence-corrected chi connectivity index (χ4v) is 4.33. The van der Waals surface area contributed by atoms with Gasteiger partial charge in [-0.3, -0.25) is 4.90 Å². The summed E-state index contributed by atoms with van der Waals surface area (Å²) in [6.45, 7) is 2.94. The van der Waals surface area contributed by atoms with Crippen LogP contribution >= 0.6 is 0 Å². The Bertz CT molecular complexity index is 1410. The maximum atomic E-state index is 14.6. The largest absolute Gasteiger partial charge is 0.488 e. The molecule has 1 aromatic carbocycles. The van der Waals surface area contributed by atoms with Crippen molar-refractivity contribution >= 4 is 23.2 Å². The van der Waals surface area contributed by atoms with E-state index in [2.05, 4.69) is 20.0 Å². The van der Waals surface area contributed by atoms with E-state index in [4.69, 9.17) is 20.0 Å². The summed E-state index contributed by atoms with van der Waals surface area (Å²) in [5.41, 5.74) is 7.53. The van der Waals surface area contributed by atoms with Crippen LogP contribution < -0.4 is 20.3 Å². The lowest BCUT2D eigenvalue weighted by Gasteiger charge is -2.37. The van der Waals surface area contributed by atoms with Gasteiger partial charge in [-0.05, 0) is 12.1 Å². The van der Waals surface area contributed by atoms with Crippen LogP contribution in [0.15, 0.2) is 41.0 Å². The van der Waals surface area contributed by atoms with E-state index in [1.165, 1.54) is 10.6 Å². The molecule has 4 N–H and O–H groups in total. The number of benzene rings is 1. The number of likely N-dealkylation sites (N-methyl/N-ethyl adjacent to an activating group) is 1. The number of aromatic nitrogens is 4. The minimum atomic E-state index is -1.15. The zero-order valence-corrected chi connectivity index (χ0v) is 21.4. The number of aliphatic hydroxyl groups is 2. The lowest BCUT2D eigenvalue weighted by Crippen LogP contribution is -2.48. The fraction of sp³-hybridized carbons (Fsp3) is 0.400. The number of hydrogen-bond acceptors (Lipinski definition) is 11. The molecule has 0 aliphatic carbocycles. The highest BCUT2D eigenvalue weighted by Crippen LogP contribution is 2.29. The van der Waals surface area contributed by atoms with Gasteiger partial charge in [0.1, 0.15) is 24.2 Å². The molecule has 39 heavy (non-hydrogen) atoms. The summed E-state index contributed by atoms with van der Waals surface area (Å²) >= 11 is 0. The Labute approximate surface area is 222 Å². The quantitative estimate of drug-likeness (QED) is 0.265. The summed E-state index contributed by atoms with van der Waals surface area (Å²) < 4.78 is 40.8. The number of nitrogens with two attached hydrogens (primary N) is 1. The Morgan fingerprint density at radius 1 is 1.15 bits per heavy atom. The van der Waals surface area contributed by atoms with Crippen LogP contribution in [0.25, 0.3) is 17.1 Å². The minimum Gasteiger partial charge on any atom is -0.488 e. The smallest absolute Gasteiger partial charge is 0.230 e. The zero-order chi connectivity index (χ0) is 27.5. The SMILES string of the molecule is CN(CCN1CCN(c2cc(OC[C@@H](O)CO)c(F)cc2F)CC1)c1nc(N)n2nc(-c3ccco3)cc2n1. The molecular weight excluding hydrogens is 514 g/mol. The number of nitrogen functional groups attached to an aromatic ring is 1. The summed E-state index contributed by atoms with van der Waals surface area (Å²) in [6, 6.07) is 7.44. The molecular formula is C25H30F2N8O4. The van der Waals surface area contributed by atoms with Gasteiger partial charge in [0.25, 0.3) is 0 Å². The molecule has 1 aliphatic rings. The summed E-state index contributed by atoms with van der Waals surface area (Å²) in [7, 11) is 1.88. The first kappa shape index (κ1) is 26.6. The highest BCUT2D eigenvalue weighted by atomic mass is 19.1. The Morgan fingerprint density at radius 3 is 2.67 bits per heavy atom. The molecule has 0 bridgehead atoms. The number of ether oxygens (including phenoxy) is 1. The predicted octanol–water partition coefficient (Wildman–Crippen LogP) is 1.24. The van der Waals surface area contributed by atoms with Crippen LogP contribution in [0.2, 0.25) is 0 Å². The van der Waals surface area contributed by atoms with Crippen molar-refractivity contribution in [1.29, 1.82) is 0 Å². The molecule has 0 amide bonds. The molecule has 0 spiro atoms. The van der Waals surface area contributed by atoms with Gasteiger partial charge in [0.15, 0.2) is 23.0 Å². The first-order valence-corrected chi connectivity index (χ1v) is 12.5. The van der Waals surface area contributed by atoms with Crippen LogP contribution in [0.3, 0.4) is 0 Å². The highest BCUT2D eigenvalue weighted by molar-refractivity contribution is 5.61. The third kappa shape index (κ3) is 5.87. The van der Waals surface area contributed by atoms with Gasteiger partial charge in [-0.2, -0.15) is 19.6 Å². The number of piperazine rings is 1. The third-order valence-electron chi connectivity index (χ3n) is 6.56. The maximum absolute atomic E-state index is 14.6. The molecule has 1 aliphatic heterocycles. The van der Waals surface area contributed by atoms with E-state index in [1.54, 1.807) is 24.5 Å². The second kappa shape index (κ2) is 11.4. The number of anilines is 3. The third-order valence-corrected chi connectivity index (χ3v) is 6.56. The van der Waals surface area contributed by atoms with E-state index in [0.717, 1.165) is 12.6 Å². The van der Waals surface area contributed by atoms with Crippen molar-refractivity contribution in [1.82, 2.24) is 24.5 Å². The topological polar surface area (TPSA) is 142 Å². The Balaban J connectivity index is 1.17. The first-order chi connectivity index (χ1) is 18.8. The number of nitrogens with zero attached hydrogens (tertiary/aromatic N) is 7. The van der Waals surface area contributed by atoms with Crippen molar-refractivity contribution in [2.45, 2.75) is 6.10 Å². The second-order valence-electron chi connectivity index (χ2n) is 9.29. The van der Waals surface area contributed by atoms with Crippen molar-refractivity contribution < 1.29 is 28.1 Å². The molecule has 4 heterocycles. The molecule has 4 aromatic rings. The first-order valence-electron chi connectivity index (χ1n) is 12.5. The molecule has 3 aromatic heterocycles. The summed E-state index contributed by atoms with van der Waals surface area (Å²) in [4.78, 5) is 15.0. The Hall–Kier alpha value is -4.01. The molecule has 0 unspecified atom stereocenters. The van der Waals surface area contributed by atoms with Crippen LogP contribution in [-0.2, 0) is 0 Å². The van der Waals surface area contributed by atoms with Crippen LogP contribution in [-0.4, -0.2) is 100 Å². The summed E-state index contributed by atoms with van der Waals surface area (Å²) in [5.74, 6) is -0.430. The van der Waals surface area contributed by atoms with Gasteiger partial charge in [-0.25, -0.2) is 8.78 Å². The van der Waals surface area contributed by atoms with Crippen LogP contribution in [0.5, 0.6) is 5.75 Å². The highest BCUT2D eigenvalue weighted by Gasteiger charge is 2.23. The van der Waals surface area contributed by atoms with Crippen molar-refractivity contribution in [2.75, 3.05) is 75.1 Å². The number of rotatable bonds is 10. The number of aliphatic hydroxyl groups excluding tert-OH is 2. The number of furan rings is 1. The van der Waals surface area contributed by atoms with Gasteiger partial charge in [-0.15, -0.1) is 0 Å². The van der Waals surface area contributed by atoms with Crippen molar-refractivity contribution in [3.8, 4) is 17.2 Å². The van der Waals surface area contributed by atoms with E-state index >= 15 is 0 Å². The van der Waals surface area contributed by atoms with E-state index in [-0.39, 0.29) is 24.0 Å². The summed E-state index contributed by atoms with van der Waals surface area (Å²) in [5, 5.41) is 22.8. The minimum absolute atomic E-state index is 0.173. The normalized spacial score (nSPS) is 15.2. The van der Waals surface area contributed by atoms with Gasteiger partial charge in [-0.1, -0.05) is 0 Å². The average Bonchev–Trinajstić information content (AvgIpc) is 3.62. The van der Waals surface area contributed by atoms with Crippen LogP contribution in [0, 0.1) is 11.6 Å². The van der Waals surface area contributed by atoms with Crippen molar-refractivity contribution in [3.63, 3.8) is 0 Å². The average molecular weight is 545 g/mol. The number of fused-ring (bicyclic) bond motifs is 1. The number of halogens is 2. The van der Waals surface area contributed by atoms with Crippen LogP contribution in [0.4, 0.5) is 26.4 Å².